The molecule has 0 spiro atoms. The van der Waals surface area contributed by atoms with Crippen LogP contribution in [0.25, 0.3) is 6.08 Å². The molecule has 2 aromatic rings. The van der Waals surface area contributed by atoms with Crippen LogP contribution in [0.5, 0.6) is 11.5 Å². The normalized spacial score (nSPS) is 14.1. The van der Waals surface area contributed by atoms with Crippen LogP contribution in [-0.2, 0) is 4.79 Å². The van der Waals surface area contributed by atoms with Crippen molar-refractivity contribution in [2.24, 2.45) is 0 Å². The molecule has 1 fully saturated rings. The van der Waals surface area contributed by atoms with Crippen molar-refractivity contribution in [1.82, 2.24) is 14.7 Å². The lowest BCUT2D eigenvalue weighted by Crippen LogP contribution is -2.51. The Morgan fingerprint density at radius 1 is 1.06 bits per heavy atom. The van der Waals surface area contributed by atoms with Crippen molar-refractivity contribution < 1.29 is 19.1 Å². The van der Waals surface area contributed by atoms with Crippen LogP contribution in [0.2, 0.25) is 0 Å². The summed E-state index contributed by atoms with van der Waals surface area (Å²) >= 11 is 0. The van der Waals surface area contributed by atoms with Gasteiger partial charge in [-0.1, -0.05) is 30.4 Å². The van der Waals surface area contributed by atoms with Crippen LogP contribution in [0.4, 0.5) is 10.5 Å². The van der Waals surface area contributed by atoms with Crippen molar-refractivity contribution in [3.63, 3.8) is 0 Å². The molecule has 3 amide bonds. The number of hydrogen-bond donors (Lipinski definition) is 1. The number of nitrogens with zero attached hydrogens (tertiary/aromatic N) is 3. The van der Waals surface area contributed by atoms with Gasteiger partial charge in [-0.2, -0.15) is 0 Å². The van der Waals surface area contributed by atoms with E-state index in [0.29, 0.717) is 32.8 Å². The summed E-state index contributed by atoms with van der Waals surface area (Å²) in [5.74, 6) is 1.64. The Hall–Kier alpha value is -3.52. The molecule has 2 aromatic carbocycles. The van der Waals surface area contributed by atoms with Crippen LogP contribution in [0, 0.1) is 0 Å². The smallest absolute Gasteiger partial charge is 0.321 e. The molecule has 0 unspecified atom stereocenters. The van der Waals surface area contributed by atoms with E-state index >= 15 is 0 Å². The van der Waals surface area contributed by atoms with E-state index < -0.39 is 0 Å². The minimum Gasteiger partial charge on any atom is -0.496 e. The molecule has 0 aromatic heterocycles. The molecule has 35 heavy (non-hydrogen) atoms. The first-order valence-corrected chi connectivity index (χ1v) is 12.1. The Morgan fingerprint density at radius 3 is 2.43 bits per heavy atom. The Labute approximate surface area is 208 Å². The van der Waals surface area contributed by atoms with Crippen LogP contribution in [0.1, 0.15) is 19.4 Å². The van der Waals surface area contributed by atoms with Crippen LogP contribution in [0.3, 0.4) is 0 Å². The van der Waals surface area contributed by atoms with Gasteiger partial charge in [-0.25, -0.2) is 4.79 Å². The third-order valence-corrected chi connectivity index (χ3v) is 5.97. The number of piperazine rings is 1. The molecule has 1 aliphatic heterocycles. The molecule has 1 aliphatic rings. The van der Waals surface area contributed by atoms with Gasteiger partial charge in [0.15, 0.2) is 0 Å². The second kappa shape index (κ2) is 13.4. The van der Waals surface area contributed by atoms with E-state index in [-0.39, 0.29) is 11.9 Å². The SMILES string of the molecule is CCOc1ccc(NC(=O)N2CCN(CCN(C/C=C/c3ccccc3OC)C(C)=O)CC2)cc1. The third-order valence-electron chi connectivity index (χ3n) is 5.97. The number of carbonyl (C=O) groups excluding carboxylic acids is 2. The Kier molecular flexibility index (Phi) is 9.98. The molecule has 0 radical (unpaired) electrons. The lowest BCUT2D eigenvalue weighted by Gasteiger charge is -2.35. The summed E-state index contributed by atoms with van der Waals surface area (Å²) in [7, 11) is 1.65. The van der Waals surface area contributed by atoms with Crippen LogP contribution in [-0.4, -0.2) is 86.2 Å². The fourth-order valence-electron chi connectivity index (χ4n) is 3.93. The first-order valence-electron chi connectivity index (χ1n) is 12.1. The number of urea groups is 1. The molecule has 3 rings (SSSR count). The summed E-state index contributed by atoms with van der Waals surface area (Å²) in [6.45, 7) is 8.96. The summed E-state index contributed by atoms with van der Waals surface area (Å²) in [5.41, 5.74) is 1.73. The van der Waals surface area contributed by atoms with E-state index in [4.69, 9.17) is 9.47 Å². The summed E-state index contributed by atoms with van der Waals surface area (Å²) in [6.07, 6.45) is 3.97. The lowest BCUT2D eigenvalue weighted by molar-refractivity contribution is -0.128. The fourth-order valence-corrected chi connectivity index (χ4v) is 3.93. The molecule has 1 N–H and O–H groups in total. The van der Waals surface area contributed by atoms with Gasteiger partial charge in [-0.05, 0) is 37.3 Å². The minimum absolute atomic E-state index is 0.0445. The van der Waals surface area contributed by atoms with Gasteiger partial charge in [0.05, 0.1) is 13.7 Å². The predicted molar refractivity (Wildman–Crippen MR) is 139 cm³/mol. The lowest BCUT2D eigenvalue weighted by atomic mass is 10.2. The van der Waals surface area contributed by atoms with Gasteiger partial charge in [0.25, 0.3) is 0 Å². The number of para-hydroxylation sites is 1. The molecule has 8 heteroatoms. The van der Waals surface area contributed by atoms with E-state index in [1.807, 2.05) is 77.4 Å². The van der Waals surface area contributed by atoms with E-state index in [9.17, 15) is 9.59 Å². The van der Waals surface area contributed by atoms with E-state index in [2.05, 4.69) is 10.2 Å². The molecule has 0 bridgehead atoms. The molecule has 1 heterocycles. The standard InChI is InChI=1S/C27H36N4O4/c1-4-35-25-13-11-24(12-14-25)28-27(33)31-20-17-29(18-21-31)16-19-30(22(2)32)15-7-9-23-8-5-6-10-26(23)34-3/h5-14H,4,15-21H2,1-3H3,(H,28,33)/b9-7+. The fraction of sp³-hybridized carbons (Fsp3) is 0.407. The molecular weight excluding hydrogens is 444 g/mol. The van der Waals surface area contributed by atoms with Gasteiger partial charge in [0.1, 0.15) is 11.5 Å². The monoisotopic (exact) mass is 480 g/mol. The summed E-state index contributed by atoms with van der Waals surface area (Å²) in [4.78, 5) is 30.7. The maximum absolute atomic E-state index is 12.6. The minimum atomic E-state index is -0.0966. The number of methoxy groups -OCH3 is 1. The van der Waals surface area contributed by atoms with Crippen molar-refractivity contribution in [2.75, 3.05) is 64.8 Å². The highest BCUT2D eigenvalue weighted by Crippen LogP contribution is 2.19. The topological polar surface area (TPSA) is 74.3 Å². The van der Waals surface area contributed by atoms with Crippen LogP contribution in [0.15, 0.2) is 54.6 Å². The van der Waals surface area contributed by atoms with E-state index in [1.54, 1.807) is 14.0 Å². The average Bonchev–Trinajstić information content (AvgIpc) is 2.87. The Morgan fingerprint density at radius 2 is 1.77 bits per heavy atom. The summed E-state index contributed by atoms with van der Waals surface area (Å²) < 4.78 is 10.8. The molecule has 1 saturated heterocycles. The first kappa shape index (κ1) is 26.1. The van der Waals surface area contributed by atoms with Gasteiger partial charge < -0.3 is 24.6 Å². The number of benzene rings is 2. The zero-order valence-corrected chi connectivity index (χ0v) is 20.9. The number of amides is 3. The van der Waals surface area contributed by atoms with Gasteiger partial charge in [-0.3, -0.25) is 9.69 Å². The highest BCUT2D eigenvalue weighted by atomic mass is 16.5. The number of rotatable bonds is 10. The number of carbonyl (C=O) groups is 2. The van der Waals surface area contributed by atoms with Gasteiger partial charge >= 0.3 is 6.03 Å². The van der Waals surface area contributed by atoms with Crippen molar-refractivity contribution in [2.45, 2.75) is 13.8 Å². The van der Waals surface area contributed by atoms with Crippen LogP contribution >= 0.6 is 0 Å². The largest absolute Gasteiger partial charge is 0.496 e. The van der Waals surface area contributed by atoms with Gasteiger partial charge in [0.2, 0.25) is 5.91 Å². The highest BCUT2D eigenvalue weighted by Gasteiger charge is 2.21. The Balaban J connectivity index is 1.42. The molecule has 0 aliphatic carbocycles. The second-order valence-corrected chi connectivity index (χ2v) is 8.33. The van der Waals surface area contributed by atoms with E-state index in [1.165, 1.54) is 0 Å². The van der Waals surface area contributed by atoms with Gasteiger partial charge in [-0.15, -0.1) is 0 Å². The van der Waals surface area contributed by atoms with Crippen molar-refractivity contribution in [1.29, 1.82) is 0 Å². The second-order valence-electron chi connectivity index (χ2n) is 8.33. The summed E-state index contributed by atoms with van der Waals surface area (Å²) in [5, 5.41) is 2.95. The molecule has 8 nitrogen and oxygen atoms in total. The average molecular weight is 481 g/mol. The highest BCUT2D eigenvalue weighted by molar-refractivity contribution is 5.89. The Bertz CT molecular complexity index is 985. The van der Waals surface area contributed by atoms with Crippen molar-refractivity contribution in [3.8, 4) is 11.5 Å². The van der Waals surface area contributed by atoms with Crippen LogP contribution < -0.4 is 14.8 Å². The molecular formula is C27H36N4O4. The van der Waals surface area contributed by atoms with Crippen molar-refractivity contribution >= 4 is 23.7 Å². The van der Waals surface area contributed by atoms with Crippen molar-refractivity contribution in [3.05, 3.63) is 60.2 Å². The maximum Gasteiger partial charge on any atom is 0.321 e. The van der Waals surface area contributed by atoms with E-state index in [0.717, 1.165) is 42.4 Å². The molecule has 188 valence electrons. The zero-order valence-electron chi connectivity index (χ0n) is 20.9. The molecule has 0 saturated carbocycles. The number of anilines is 1. The number of hydrogen-bond acceptors (Lipinski definition) is 5. The quantitative estimate of drug-likeness (QED) is 0.560. The first-order chi connectivity index (χ1) is 17.0. The van der Waals surface area contributed by atoms with Gasteiger partial charge in [0, 0.05) is 64.0 Å². The maximum atomic E-state index is 12.6. The number of nitrogens with one attached hydrogen (secondary N) is 1. The number of ether oxygens (including phenoxy) is 2. The zero-order chi connectivity index (χ0) is 25.0. The third kappa shape index (κ3) is 8.03. The molecule has 0 atom stereocenters. The summed E-state index contributed by atoms with van der Waals surface area (Å²) in [6, 6.07) is 15.1. The predicted octanol–water partition coefficient (Wildman–Crippen LogP) is 3.81.